The number of aromatic nitrogens is 1. The minimum Gasteiger partial charge on any atom is -0.465 e. The Labute approximate surface area is 212 Å². The van der Waals surface area contributed by atoms with Crippen LogP contribution in [0.4, 0.5) is 0 Å². The Morgan fingerprint density at radius 2 is 1.23 bits per heavy atom. The van der Waals surface area contributed by atoms with Crippen molar-refractivity contribution in [2.45, 2.75) is 87.9 Å². The van der Waals surface area contributed by atoms with Gasteiger partial charge in [-0.05, 0) is 145 Å². The molecule has 5 heteroatoms. The maximum atomic E-state index is 12.1. The van der Waals surface area contributed by atoms with Gasteiger partial charge in [0.2, 0.25) is 0 Å². The first-order valence-corrected chi connectivity index (χ1v) is 15.9. The summed E-state index contributed by atoms with van der Waals surface area (Å²) >= 11 is 0. The summed E-state index contributed by atoms with van der Waals surface area (Å²) in [5, 5.41) is 1.85. The van der Waals surface area contributed by atoms with Gasteiger partial charge in [-0.15, -0.1) is 0 Å². The van der Waals surface area contributed by atoms with E-state index < -0.39 is 0 Å². The lowest BCUT2D eigenvalue weighted by atomic mass is 9.50. The zero-order valence-electron chi connectivity index (χ0n) is 20.9. The van der Waals surface area contributed by atoms with Crippen LogP contribution in [0, 0.1) is 35.5 Å². The second-order valence-electron chi connectivity index (χ2n) is 13.6. The van der Waals surface area contributed by atoms with Crippen LogP contribution in [0.25, 0.3) is 5.69 Å². The summed E-state index contributed by atoms with van der Waals surface area (Å²) in [5.41, 5.74) is 4.62. The van der Waals surface area contributed by atoms with Crippen molar-refractivity contribution in [3.63, 3.8) is 0 Å². The minimum atomic E-state index is -0.236. The Hall–Kier alpha value is -1.17. The molecule has 8 aliphatic carbocycles. The van der Waals surface area contributed by atoms with E-state index in [1.165, 1.54) is 98.2 Å². The molecule has 184 valence electrons. The zero-order valence-corrected chi connectivity index (χ0v) is 22.7. The SMILES string of the molecule is COC(=O)c1ccc(-n2pc(C34CC5CC(CC(C5)C3)C4)pc2C23CC4CC(CC(C4)C2)C3)cc1. The second kappa shape index (κ2) is 7.68. The van der Waals surface area contributed by atoms with Crippen molar-refractivity contribution in [3.8, 4) is 5.69 Å². The van der Waals surface area contributed by atoms with Crippen molar-refractivity contribution in [1.29, 1.82) is 0 Å². The Bertz CT molecular complexity index is 1110. The number of rotatable bonds is 4. The van der Waals surface area contributed by atoms with Crippen LogP contribution in [0.1, 0.15) is 97.9 Å². The van der Waals surface area contributed by atoms with Gasteiger partial charge >= 0.3 is 5.97 Å². The van der Waals surface area contributed by atoms with Crippen LogP contribution >= 0.6 is 16.5 Å². The molecule has 3 nitrogen and oxygen atoms in total. The average Bonchev–Trinajstić information content (AvgIpc) is 3.30. The summed E-state index contributed by atoms with van der Waals surface area (Å²) in [6.07, 6.45) is 17.8. The molecule has 0 radical (unpaired) electrons. The molecule has 0 N–H and O–H groups in total. The number of nitrogens with zero attached hydrogens (tertiary/aromatic N) is 1. The first kappa shape index (κ1) is 21.9. The minimum absolute atomic E-state index is 0.236. The van der Waals surface area contributed by atoms with Crippen molar-refractivity contribution < 1.29 is 9.53 Å². The molecule has 8 saturated carbocycles. The number of benzene rings is 1. The third-order valence-corrected chi connectivity index (χ3v) is 14.8. The molecule has 0 spiro atoms. The average molecular weight is 506 g/mol. The number of methoxy groups -OCH3 is 1. The molecule has 0 amide bonds. The van der Waals surface area contributed by atoms with Crippen molar-refractivity contribution in [1.82, 2.24) is 4.33 Å². The van der Waals surface area contributed by atoms with Gasteiger partial charge in [0.25, 0.3) is 0 Å². The molecule has 0 unspecified atom stereocenters. The monoisotopic (exact) mass is 505 g/mol. The summed E-state index contributed by atoms with van der Waals surface area (Å²) in [6, 6.07) is 8.34. The predicted octanol–water partition coefficient (Wildman–Crippen LogP) is 8.36. The van der Waals surface area contributed by atoms with Crippen molar-refractivity contribution in [3.05, 3.63) is 40.3 Å². The number of esters is 1. The second-order valence-corrected chi connectivity index (χ2v) is 16.1. The van der Waals surface area contributed by atoms with E-state index in [4.69, 9.17) is 4.74 Å². The standard InChI is InChI=1S/C30H37NO2P2/c1-33-26(32)24-2-4-25(5-3-24)31-27(29-12-18-6-19(13-29)8-20(7-18)14-29)34-28(35-31)30-15-21-9-22(16-30)11-23(10-21)17-30/h2-5,18-23H,6-17H2,1H3. The van der Waals surface area contributed by atoms with Gasteiger partial charge in [-0.1, -0.05) is 0 Å². The highest BCUT2D eigenvalue weighted by atomic mass is 31.1. The highest BCUT2D eigenvalue weighted by Crippen LogP contribution is 2.67. The molecule has 35 heavy (non-hydrogen) atoms. The van der Waals surface area contributed by atoms with E-state index in [0.29, 0.717) is 16.4 Å². The van der Waals surface area contributed by atoms with Crippen LogP contribution in [0.5, 0.6) is 0 Å². The number of carbonyl (C=O) groups excluding carboxylic acids is 1. The summed E-state index contributed by atoms with van der Waals surface area (Å²) in [6.45, 7) is 0. The van der Waals surface area contributed by atoms with E-state index in [-0.39, 0.29) is 5.97 Å². The summed E-state index contributed by atoms with van der Waals surface area (Å²) in [5.74, 6) is 5.65. The summed E-state index contributed by atoms with van der Waals surface area (Å²) in [4.78, 5) is 12.1. The number of carbonyl (C=O) groups is 1. The maximum absolute atomic E-state index is 12.1. The molecule has 8 aliphatic rings. The summed E-state index contributed by atoms with van der Waals surface area (Å²) in [7, 11) is 4.52. The molecule has 0 saturated heterocycles. The molecular formula is C30H37NO2P2. The lowest BCUT2D eigenvalue weighted by Gasteiger charge is -2.57. The van der Waals surface area contributed by atoms with Gasteiger partial charge in [0.05, 0.1) is 18.1 Å². The van der Waals surface area contributed by atoms with Crippen LogP contribution in [-0.2, 0) is 15.6 Å². The first-order valence-electron chi connectivity index (χ1n) is 14.2. The lowest BCUT2D eigenvalue weighted by molar-refractivity contribution is -0.00587. The van der Waals surface area contributed by atoms with Crippen molar-refractivity contribution in [2.75, 3.05) is 7.11 Å². The fourth-order valence-electron chi connectivity index (χ4n) is 10.7. The number of hydrogen-bond donors (Lipinski definition) is 0. The van der Waals surface area contributed by atoms with Crippen molar-refractivity contribution >= 4 is 22.5 Å². The van der Waals surface area contributed by atoms with E-state index in [1.807, 2.05) is 17.2 Å². The Balaban J connectivity index is 1.25. The van der Waals surface area contributed by atoms with Gasteiger partial charge in [0, 0.05) is 29.9 Å². The highest BCUT2D eigenvalue weighted by Gasteiger charge is 2.56. The molecule has 8 fully saturated rings. The predicted molar refractivity (Wildman–Crippen MR) is 142 cm³/mol. The van der Waals surface area contributed by atoms with Gasteiger partial charge < -0.3 is 4.74 Å². The van der Waals surface area contributed by atoms with Gasteiger partial charge in [-0.25, -0.2) is 4.79 Å². The van der Waals surface area contributed by atoms with Gasteiger partial charge in [0.15, 0.2) is 0 Å². The maximum Gasteiger partial charge on any atom is 0.337 e. The molecular weight excluding hydrogens is 468 g/mol. The van der Waals surface area contributed by atoms with Crippen LogP contribution < -0.4 is 0 Å². The Kier molecular flexibility index (Phi) is 4.80. The van der Waals surface area contributed by atoms with Crippen LogP contribution in [0.3, 0.4) is 0 Å². The quantitative estimate of drug-likeness (QED) is 0.391. The molecule has 1 aromatic heterocycles. The van der Waals surface area contributed by atoms with Gasteiger partial charge in [-0.3, -0.25) is 4.33 Å². The van der Waals surface area contributed by atoms with Crippen LogP contribution in [0.15, 0.2) is 24.3 Å². The van der Waals surface area contributed by atoms with Crippen LogP contribution in [0.2, 0.25) is 0 Å². The van der Waals surface area contributed by atoms with E-state index in [1.54, 1.807) is 13.6 Å². The summed E-state index contributed by atoms with van der Waals surface area (Å²) < 4.78 is 7.70. The first-order chi connectivity index (χ1) is 17.0. The van der Waals surface area contributed by atoms with E-state index >= 15 is 0 Å². The van der Waals surface area contributed by atoms with E-state index in [0.717, 1.165) is 35.5 Å². The fraction of sp³-hybridized carbons (Fsp3) is 0.700. The largest absolute Gasteiger partial charge is 0.465 e. The van der Waals surface area contributed by atoms with E-state index in [9.17, 15) is 4.79 Å². The molecule has 8 bridgehead atoms. The Morgan fingerprint density at radius 3 is 1.69 bits per heavy atom. The Morgan fingerprint density at radius 1 is 0.771 bits per heavy atom. The third-order valence-electron chi connectivity index (χ3n) is 11.2. The van der Waals surface area contributed by atoms with Crippen molar-refractivity contribution in [2.24, 2.45) is 35.5 Å². The van der Waals surface area contributed by atoms with Gasteiger partial charge in [0.1, 0.15) is 0 Å². The normalized spacial score (nSPS) is 43.0. The molecule has 1 heterocycles. The molecule has 0 aliphatic heterocycles. The molecule has 2 aromatic rings. The number of ether oxygens (including phenoxy) is 1. The zero-order chi connectivity index (χ0) is 23.4. The lowest BCUT2D eigenvalue weighted by Crippen LogP contribution is -2.49. The molecule has 10 rings (SSSR count). The van der Waals surface area contributed by atoms with Gasteiger partial charge in [-0.2, -0.15) is 0 Å². The fourth-order valence-corrected chi connectivity index (χ4v) is 14.3. The highest BCUT2D eigenvalue weighted by molar-refractivity contribution is 7.47. The smallest absolute Gasteiger partial charge is 0.337 e. The van der Waals surface area contributed by atoms with E-state index in [2.05, 4.69) is 16.5 Å². The molecule has 1 aromatic carbocycles. The topological polar surface area (TPSA) is 31.2 Å². The third kappa shape index (κ3) is 3.33. The number of hydrogen-bond acceptors (Lipinski definition) is 2. The van der Waals surface area contributed by atoms with Crippen LogP contribution in [-0.4, -0.2) is 17.4 Å². The molecule has 0 atom stereocenters.